The summed E-state index contributed by atoms with van der Waals surface area (Å²) in [5, 5.41) is 6.20. The van der Waals surface area contributed by atoms with Crippen LogP contribution in [0, 0.1) is 5.92 Å². The average molecular weight is 222 g/mol. The monoisotopic (exact) mass is 222 g/mol. The van der Waals surface area contributed by atoms with Crippen molar-refractivity contribution < 1.29 is 4.79 Å². The Morgan fingerprint density at radius 2 is 2.62 bits per heavy atom. The molecule has 16 heavy (non-hydrogen) atoms. The summed E-state index contributed by atoms with van der Waals surface area (Å²) in [6, 6.07) is 0. The molecule has 0 aliphatic carbocycles. The lowest BCUT2D eigenvalue weighted by molar-refractivity contribution is -0.125. The molecule has 1 aliphatic rings. The molecule has 1 fully saturated rings. The van der Waals surface area contributed by atoms with Crippen molar-refractivity contribution in [2.45, 2.75) is 19.4 Å². The van der Waals surface area contributed by atoms with E-state index in [1.54, 1.807) is 12.5 Å². The number of hydrogen-bond donors (Lipinski definition) is 2. The number of rotatable bonds is 3. The van der Waals surface area contributed by atoms with Gasteiger partial charge in [-0.2, -0.15) is 0 Å². The molecule has 1 unspecified atom stereocenters. The molecule has 0 aromatic carbocycles. The van der Waals surface area contributed by atoms with Gasteiger partial charge in [-0.25, -0.2) is 4.98 Å². The molecule has 88 valence electrons. The highest BCUT2D eigenvalue weighted by Gasteiger charge is 2.20. The summed E-state index contributed by atoms with van der Waals surface area (Å²) >= 11 is 0. The molecule has 0 spiro atoms. The van der Waals surface area contributed by atoms with Gasteiger partial charge in [0.25, 0.3) is 0 Å². The fourth-order valence-electron chi connectivity index (χ4n) is 1.95. The highest BCUT2D eigenvalue weighted by Crippen LogP contribution is 2.09. The summed E-state index contributed by atoms with van der Waals surface area (Å²) in [6.45, 7) is 2.40. The van der Waals surface area contributed by atoms with E-state index < -0.39 is 0 Å². The van der Waals surface area contributed by atoms with Crippen molar-refractivity contribution >= 4 is 5.91 Å². The minimum absolute atomic E-state index is 0.127. The molecule has 2 rings (SSSR count). The SMILES string of the molecule is Cn1cncc1CNC(=O)C1CCCNC1. The van der Waals surface area contributed by atoms with Gasteiger partial charge in [-0.05, 0) is 19.4 Å². The number of aryl methyl sites for hydroxylation is 1. The molecule has 1 aliphatic heterocycles. The van der Waals surface area contributed by atoms with Gasteiger partial charge < -0.3 is 15.2 Å². The van der Waals surface area contributed by atoms with Gasteiger partial charge in [0.1, 0.15) is 0 Å². The van der Waals surface area contributed by atoms with E-state index in [1.165, 1.54) is 0 Å². The number of nitrogens with zero attached hydrogens (tertiary/aromatic N) is 2. The minimum atomic E-state index is 0.127. The maximum Gasteiger partial charge on any atom is 0.224 e. The first-order valence-corrected chi connectivity index (χ1v) is 5.71. The second-order valence-electron chi connectivity index (χ2n) is 4.26. The summed E-state index contributed by atoms with van der Waals surface area (Å²) in [6.07, 6.45) is 5.59. The van der Waals surface area contributed by atoms with Crippen LogP contribution in [0.3, 0.4) is 0 Å². The Bertz CT molecular complexity index is 355. The molecule has 1 aromatic heterocycles. The largest absolute Gasteiger partial charge is 0.350 e. The van der Waals surface area contributed by atoms with Crippen molar-refractivity contribution in [2.24, 2.45) is 13.0 Å². The molecule has 5 nitrogen and oxygen atoms in total. The molecule has 1 amide bonds. The fourth-order valence-corrected chi connectivity index (χ4v) is 1.95. The normalized spacial score (nSPS) is 20.7. The van der Waals surface area contributed by atoms with Gasteiger partial charge in [-0.1, -0.05) is 0 Å². The molecule has 1 aromatic rings. The lowest BCUT2D eigenvalue weighted by atomic mass is 9.99. The van der Waals surface area contributed by atoms with Crippen LogP contribution in [-0.4, -0.2) is 28.5 Å². The van der Waals surface area contributed by atoms with Gasteiger partial charge >= 0.3 is 0 Å². The van der Waals surface area contributed by atoms with E-state index in [-0.39, 0.29) is 11.8 Å². The third-order valence-corrected chi connectivity index (χ3v) is 3.03. The zero-order valence-electron chi connectivity index (χ0n) is 9.57. The number of hydrogen-bond acceptors (Lipinski definition) is 3. The summed E-state index contributed by atoms with van der Waals surface area (Å²) in [4.78, 5) is 15.8. The predicted octanol–water partition coefficient (Wildman–Crippen LogP) is 0.0359. The lowest BCUT2D eigenvalue weighted by Gasteiger charge is -2.21. The Hall–Kier alpha value is -1.36. The first kappa shape index (κ1) is 11.1. The van der Waals surface area contributed by atoms with Crippen LogP contribution in [0.5, 0.6) is 0 Å². The summed E-state index contributed by atoms with van der Waals surface area (Å²) < 4.78 is 1.92. The van der Waals surface area contributed by atoms with Crippen molar-refractivity contribution in [1.29, 1.82) is 0 Å². The van der Waals surface area contributed by atoms with Crippen molar-refractivity contribution in [3.05, 3.63) is 18.2 Å². The maximum absolute atomic E-state index is 11.8. The number of carbonyl (C=O) groups excluding carboxylic acids is 1. The standard InChI is InChI=1S/C11H18N4O/c1-15-8-13-6-10(15)7-14-11(16)9-3-2-4-12-5-9/h6,8-9,12H,2-5,7H2,1H3,(H,14,16). The van der Waals surface area contributed by atoms with E-state index in [2.05, 4.69) is 15.6 Å². The summed E-state index contributed by atoms with van der Waals surface area (Å²) in [7, 11) is 1.93. The zero-order chi connectivity index (χ0) is 11.4. The second-order valence-corrected chi connectivity index (χ2v) is 4.26. The fraction of sp³-hybridized carbons (Fsp3) is 0.636. The van der Waals surface area contributed by atoms with Gasteiger partial charge in [0.15, 0.2) is 0 Å². The number of carbonyl (C=O) groups is 1. The maximum atomic E-state index is 11.8. The Labute approximate surface area is 95.2 Å². The molecule has 0 saturated carbocycles. The summed E-state index contributed by atoms with van der Waals surface area (Å²) in [5.41, 5.74) is 1.03. The van der Waals surface area contributed by atoms with E-state index in [0.717, 1.165) is 31.6 Å². The average Bonchev–Trinajstić information content (AvgIpc) is 2.73. The molecular weight excluding hydrogens is 204 g/mol. The van der Waals surface area contributed by atoms with E-state index in [4.69, 9.17) is 0 Å². The number of amides is 1. The number of imidazole rings is 1. The van der Waals surface area contributed by atoms with Crippen molar-refractivity contribution in [2.75, 3.05) is 13.1 Å². The Morgan fingerprint density at radius 3 is 3.25 bits per heavy atom. The van der Waals surface area contributed by atoms with E-state index in [9.17, 15) is 4.79 Å². The van der Waals surface area contributed by atoms with Crippen LogP contribution < -0.4 is 10.6 Å². The number of nitrogens with one attached hydrogen (secondary N) is 2. The molecule has 0 radical (unpaired) electrons. The second kappa shape index (κ2) is 5.12. The van der Waals surface area contributed by atoms with Crippen LogP contribution in [0.2, 0.25) is 0 Å². The molecule has 1 saturated heterocycles. The van der Waals surface area contributed by atoms with Crippen LogP contribution in [-0.2, 0) is 18.4 Å². The quantitative estimate of drug-likeness (QED) is 0.759. The van der Waals surface area contributed by atoms with E-state index in [1.807, 2.05) is 11.6 Å². The Morgan fingerprint density at radius 1 is 1.75 bits per heavy atom. The predicted molar refractivity (Wildman–Crippen MR) is 60.6 cm³/mol. The molecule has 5 heteroatoms. The smallest absolute Gasteiger partial charge is 0.224 e. The summed E-state index contributed by atoms with van der Waals surface area (Å²) in [5.74, 6) is 0.273. The number of aromatic nitrogens is 2. The highest BCUT2D eigenvalue weighted by molar-refractivity contribution is 5.78. The minimum Gasteiger partial charge on any atom is -0.350 e. The molecule has 2 heterocycles. The van der Waals surface area contributed by atoms with Gasteiger partial charge in [0.2, 0.25) is 5.91 Å². The van der Waals surface area contributed by atoms with Crippen LogP contribution in [0.25, 0.3) is 0 Å². The first-order valence-electron chi connectivity index (χ1n) is 5.71. The lowest BCUT2D eigenvalue weighted by Crippen LogP contribution is -2.40. The highest BCUT2D eigenvalue weighted by atomic mass is 16.1. The molecule has 0 bridgehead atoms. The van der Waals surface area contributed by atoms with Crippen LogP contribution >= 0.6 is 0 Å². The molecular formula is C11H18N4O. The van der Waals surface area contributed by atoms with Gasteiger partial charge in [0, 0.05) is 19.8 Å². The Balaban J connectivity index is 1.81. The van der Waals surface area contributed by atoms with Gasteiger partial charge in [-0.15, -0.1) is 0 Å². The van der Waals surface area contributed by atoms with Gasteiger partial charge in [0.05, 0.1) is 24.5 Å². The van der Waals surface area contributed by atoms with Crippen LogP contribution in [0.15, 0.2) is 12.5 Å². The third-order valence-electron chi connectivity index (χ3n) is 3.03. The van der Waals surface area contributed by atoms with E-state index >= 15 is 0 Å². The first-order chi connectivity index (χ1) is 7.77. The van der Waals surface area contributed by atoms with E-state index in [0.29, 0.717) is 6.54 Å². The zero-order valence-corrected chi connectivity index (χ0v) is 9.57. The molecule has 1 atom stereocenters. The molecule has 2 N–H and O–H groups in total. The van der Waals surface area contributed by atoms with Crippen molar-refractivity contribution in [3.63, 3.8) is 0 Å². The van der Waals surface area contributed by atoms with Crippen molar-refractivity contribution in [3.8, 4) is 0 Å². The van der Waals surface area contributed by atoms with Crippen molar-refractivity contribution in [1.82, 2.24) is 20.2 Å². The van der Waals surface area contributed by atoms with Crippen LogP contribution in [0.4, 0.5) is 0 Å². The topological polar surface area (TPSA) is 59.0 Å². The number of piperidine rings is 1. The Kier molecular flexibility index (Phi) is 3.56. The van der Waals surface area contributed by atoms with Gasteiger partial charge in [-0.3, -0.25) is 4.79 Å². The van der Waals surface area contributed by atoms with Crippen LogP contribution in [0.1, 0.15) is 18.5 Å². The third kappa shape index (κ3) is 2.61.